The zero-order valence-electron chi connectivity index (χ0n) is 9.46. The molecule has 0 N–H and O–H groups in total. The quantitative estimate of drug-likeness (QED) is 0.713. The molecule has 0 aliphatic carbocycles. The van der Waals surface area contributed by atoms with Crippen molar-refractivity contribution in [3.05, 3.63) is 34.3 Å². The lowest BCUT2D eigenvalue weighted by Crippen LogP contribution is -2.31. The first-order valence-electron chi connectivity index (χ1n) is 5.29. The Morgan fingerprint density at radius 2 is 2.18 bits per heavy atom. The monoisotopic (exact) mass is 239 g/mol. The molecule has 0 aromatic heterocycles. The van der Waals surface area contributed by atoms with Crippen molar-refractivity contribution >= 4 is 11.5 Å². The molecular weight excluding hydrogens is 228 g/mol. The number of carbonyl (C=O) groups is 1. The van der Waals surface area contributed by atoms with E-state index in [4.69, 9.17) is 4.74 Å². The van der Waals surface area contributed by atoms with Crippen LogP contribution in [0.4, 0.5) is 8.78 Å². The van der Waals surface area contributed by atoms with Crippen LogP contribution in [0.15, 0.2) is 17.1 Å². The molecule has 0 radical (unpaired) electrons. The third-order valence-electron chi connectivity index (χ3n) is 2.59. The highest BCUT2D eigenvalue weighted by atomic mass is 19.2. The molecule has 1 heterocycles. The van der Waals surface area contributed by atoms with Gasteiger partial charge >= 0.3 is 5.97 Å². The average Bonchev–Trinajstić information content (AvgIpc) is 2.61. The molecule has 2 rings (SSSR count). The van der Waals surface area contributed by atoms with Gasteiger partial charge in [-0.25, -0.2) is 13.6 Å². The van der Waals surface area contributed by atoms with Crippen molar-refractivity contribution in [1.29, 1.82) is 0 Å². The molecule has 0 bridgehead atoms. The summed E-state index contributed by atoms with van der Waals surface area (Å²) in [4.78, 5) is 15.8. The van der Waals surface area contributed by atoms with Gasteiger partial charge < -0.3 is 4.74 Å². The van der Waals surface area contributed by atoms with Crippen LogP contribution < -0.4 is 10.6 Å². The van der Waals surface area contributed by atoms with Crippen LogP contribution >= 0.6 is 0 Å². The van der Waals surface area contributed by atoms with Crippen molar-refractivity contribution < 1.29 is 18.3 Å². The second-order valence-corrected chi connectivity index (χ2v) is 3.69. The van der Waals surface area contributed by atoms with Crippen LogP contribution in [-0.4, -0.2) is 18.6 Å². The van der Waals surface area contributed by atoms with Crippen LogP contribution in [0.25, 0.3) is 5.57 Å². The largest absolute Gasteiger partial charge is 0.463 e. The fourth-order valence-corrected chi connectivity index (χ4v) is 1.87. The topological polar surface area (TPSA) is 38.7 Å². The number of hydrogen-bond donors (Lipinski definition) is 0. The number of nitrogens with zero attached hydrogens (tertiary/aromatic N) is 1. The number of benzene rings is 1. The maximum Gasteiger partial charge on any atom is 0.336 e. The first-order valence-corrected chi connectivity index (χ1v) is 5.29. The van der Waals surface area contributed by atoms with Gasteiger partial charge in [0.05, 0.1) is 28.8 Å². The van der Waals surface area contributed by atoms with E-state index < -0.39 is 23.6 Å². The number of rotatable bonds is 2. The van der Waals surface area contributed by atoms with Crippen molar-refractivity contribution in [2.75, 3.05) is 6.61 Å². The highest BCUT2D eigenvalue weighted by molar-refractivity contribution is 6.11. The molecule has 17 heavy (non-hydrogen) atoms. The summed E-state index contributed by atoms with van der Waals surface area (Å²) >= 11 is 0. The van der Waals surface area contributed by atoms with Crippen LogP contribution in [-0.2, 0) is 9.53 Å². The maximum absolute atomic E-state index is 13.7. The number of hydrogen-bond acceptors (Lipinski definition) is 3. The Hall–Kier alpha value is -1.78. The molecule has 0 saturated carbocycles. The normalized spacial score (nSPS) is 17.6. The van der Waals surface area contributed by atoms with Crippen molar-refractivity contribution in [2.45, 2.75) is 19.9 Å². The van der Waals surface area contributed by atoms with E-state index in [1.54, 1.807) is 13.8 Å². The van der Waals surface area contributed by atoms with Gasteiger partial charge in [-0.3, -0.25) is 4.99 Å². The minimum Gasteiger partial charge on any atom is -0.463 e. The van der Waals surface area contributed by atoms with Crippen molar-refractivity contribution in [2.24, 2.45) is 4.99 Å². The Labute approximate surface area is 96.4 Å². The maximum atomic E-state index is 13.7. The summed E-state index contributed by atoms with van der Waals surface area (Å²) in [5.41, 5.74) is 0.0823. The van der Waals surface area contributed by atoms with E-state index in [2.05, 4.69) is 4.99 Å². The molecule has 0 amide bonds. The molecule has 1 aliphatic rings. The number of fused-ring (bicyclic) bond motifs is 1. The van der Waals surface area contributed by atoms with E-state index in [0.29, 0.717) is 5.36 Å². The van der Waals surface area contributed by atoms with Crippen LogP contribution in [0.3, 0.4) is 0 Å². The van der Waals surface area contributed by atoms with Gasteiger partial charge in [-0.2, -0.15) is 0 Å². The minimum atomic E-state index is -1.04. The SMILES string of the molecule is CCOC(=O)C1=c2c(F)c(F)ccc2=N[C@@H]1C. The van der Waals surface area contributed by atoms with Gasteiger partial charge in [0.1, 0.15) is 0 Å². The summed E-state index contributed by atoms with van der Waals surface area (Å²) in [6.07, 6.45) is 0. The highest BCUT2D eigenvalue weighted by Gasteiger charge is 2.26. The molecule has 0 spiro atoms. The molecule has 5 heteroatoms. The Kier molecular flexibility index (Phi) is 2.92. The molecule has 3 nitrogen and oxygen atoms in total. The average molecular weight is 239 g/mol. The molecule has 0 fully saturated rings. The van der Waals surface area contributed by atoms with E-state index in [-0.39, 0.29) is 17.4 Å². The van der Waals surface area contributed by atoms with E-state index in [1.807, 2.05) is 0 Å². The fraction of sp³-hybridized carbons (Fsp3) is 0.333. The van der Waals surface area contributed by atoms with Crippen LogP contribution in [0, 0.1) is 11.6 Å². The summed E-state index contributed by atoms with van der Waals surface area (Å²) in [5, 5.41) is 0.218. The molecule has 1 aromatic rings. The molecule has 0 unspecified atom stereocenters. The molecular formula is C12H11F2NO2. The molecule has 1 atom stereocenters. The van der Waals surface area contributed by atoms with Crippen molar-refractivity contribution in [3.8, 4) is 0 Å². The number of ether oxygens (including phenoxy) is 1. The van der Waals surface area contributed by atoms with Crippen molar-refractivity contribution in [3.63, 3.8) is 0 Å². The first kappa shape index (κ1) is 11.7. The fourth-order valence-electron chi connectivity index (χ4n) is 1.87. The summed E-state index contributed by atoms with van der Waals surface area (Å²) in [5.74, 6) is -2.68. The molecule has 1 aliphatic heterocycles. The van der Waals surface area contributed by atoms with E-state index in [0.717, 1.165) is 6.07 Å². The van der Waals surface area contributed by atoms with Gasteiger partial charge in [0.2, 0.25) is 0 Å². The summed E-state index contributed by atoms with van der Waals surface area (Å²) in [6, 6.07) is 1.84. The number of carbonyl (C=O) groups excluding carboxylic acids is 1. The molecule has 1 aromatic carbocycles. The van der Waals surface area contributed by atoms with Gasteiger partial charge in [-0.15, -0.1) is 0 Å². The summed E-state index contributed by atoms with van der Waals surface area (Å²) in [6.45, 7) is 3.48. The molecule has 90 valence electrons. The van der Waals surface area contributed by atoms with Gasteiger partial charge in [-0.05, 0) is 26.0 Å². The Balaban J connectivity index is 2.74. The Morgan fingerprint density at radius 3 is 2.82 bits per heavy atom. The van der Waals surface area contributed by atoms with Crippen molar-refractivity contribution in [1.82, 2.24) is 0 Å². The zero-order chi connectivity index (χ0) is 12.6. The predicted octanol–water partition coefficient (Wildman–Crippen LogP) is 0.700. The smallest absolute Gasteiger partial charge is 0.336 e. The van der Waals surface area contributed by atoms with Gasteiger partial charge in [0, 0.05) is 0 Å². The van der Waals surface area contributed by atoms with Gasteiger partial charge in [0.15, 0.2) is 11.6 Å². The first-order chi connectivity index (χ1) is 8.06. The van der Waals surface area contributed by atoms with E-state index >= 15 is 0 Å². The van der Waals surface area contributed by atoms with E-state index in [9.17, 15) is 13.6 Å². The standard InChI is InChI=1S/C12H11F2NO2/c1-3-17-12(16)9-6(2)15-8-5-4-7(13)11(14)10(8)9/h4-6H,3H2,1-2H3/t6-/m1/s1. The van der Waals surface area contributed by atoms with E-state index in [1.165, 1.54) is 6.07 Å². The lowest BCUT2D eigenvalue weighted by atomic mass is 10.1. The minimum absolute atomic E-state index is 0.0732. The van der Waals surface area contributed by atoms with Crippen LogP contribution in [0.5, 0.6) is 0 Å². The van der Waals surface area contributed by atoms with Gasteiger partial charge in [-0.1, -0.05) is 0 Å². The third kappa shape index (κ3) is 1.81. The lowest BCUT2D eigenvalue weighted by molar-refractivity contribution is -0.136. The van der Waals surface area contributed by atoms with Gasteiger partial charge in [0.25, 0.3) is 0 Å². The number of halogens is 2. The van der Waals surface area contributed by atoms with Crippen LogP contribution in [0.2, 0.25) is 0 Å². The second kappa shape index (κ2) is 4.24. The number of esters is 1. The predicted molar refractivity (Wildman–Crippen MR) is 56.6 cm³/mol. The summed E-state index contributed by atoms with van der Waals surface area (Å²) in [7, 11) is 0. The Morgan fingerprint density at radius 1 is 1.47 bits per heavy atom. The highest BCUT2D eigenvalue weighted by Crippen LogP contribution is 2.12. The zero-order valence-corrected chi connectivity index (χ0v) is 9.46. The Bertz CT molecular complexity index is 595. The summed E-state index contributed by atoms with van der Waals surface area (Å²) < 4.78 is 31.6. The lowest BCUT2D eigenvalue weighted by Gasteiger charge is -2.06. The third-order valence-corrected chi connectivity index (χ3v) is 2.59. The molecule has 0 saturated heterocycles. The van der Waals surface area contributed by atoms with Crippen LogP contribution in [0.1, 0.15) is 13.8 Å². The second-order valence-electron chi connectivity index (χ2n) is 3.69.